The third-order valence-corrected chi connectivity index (χ3v) is 4.88. The van der Waals surface area contributed by atoms with Crippen LogP contribution in [0.3, 0.4) is 0 Å². The summed E-state index contributed by atoms with van der Waals surface area (Å²) in [5.74, 6) is -0.0275. The van der Waals surface area contributed by atoms with Crippen LogP contribution in [0.1, 0.15) is 32.9 Å². The van der Waals surface area contributed by atoms with E-state index in [1.54, 1.807) is 41.6 Å². The highest BCUT2D eigenvalue weighted by molar-refractivity contribution is 7.12. The Kier molecular flexibility index (Phi) is 4.68. The number of nitriles is 1. The number of amides is 1. The van der Waals surface area contributed by atoms with Gasteiger partial charge in [-0.1, -0.05) is 12.1 Å². The molecule has 0 radical (unpaired) electrons. The normalized spacial score (nSPS) is 10.5. The highest BCUT2D eigenvalue weighted by atomic mass is 32.1. The highest BCUT2D eigenvalue weighted by Gasteiger charge is 2.20. The molecule has 0 unspecified atom stereocenters. The van der Waals surface area contributed by atoms with Crippen LogP contribution >= 0.6 is 11.3 Å². The van der Waals surface area contributed by atoms with Crippen LogP contribution in [-0.2, 0) is 6.54 Å². The number of carbonyl (C=O) groups excluding carboxylic acids is 1. The van der Waals surface area contributed by atoms with Gasteiger partial charge in [0.05, 0.1) is 17.2 Å². The van der Waals surface area contributed by atoms with Gasteiger partial charge in [-0.25, -0.2) is 4.98 Å². The zero-order valence-electron chi connectivity index (χ0n) is 14.4. The summed E-state index contributed by atoms with van der Waals surface area (Å²) < 4.78 is 2.01. The molecule has 3 rings (SSSR count). The van der Waals surface area contributed by atoms with Crippen LogP contribution in [0.15, 0.2) is 41.9 Å². The summed E-state index contributed by atoms with van der Waals surface area (Å²) >= 11 is 1.54. The summed E-state index contributed by atoms with van der Waals surface area (Å²) in [4.78, 5) is 18.9. The number of hydrogen-bond acceptors (Lipinski definition) is 4. The van der Waals surface area contributed by atoms with Crippen molar-refractivity contribution in [2.75, 3.05) is 7.05 Å². The smallest absolute Gasteiger partial charge is 0.255 e. The van der Waals surface area contributed by atoms with Crippen LogP contribution in [0.25, 0.3) is 5.13 Å². The second kappa shape index (κ2) is 6.91. The molecule has 1 amide bonds. The quantitative estimate of drug-likeness (QED) is 0.721. The summed E-state index contributed by atoms with van der Waals surface area (Å²) in [6.07, 6.45) is 1.76. The van der Waals surface area contributed by atoms with Gasteiger partial charge < -0.3 is 4.90 Å². The van der Waals surface area contributed by atoms with E-state index in [9.17, 15) is 4.79 Å². The summed E-state index contributed by atoms with van der Waals surface area (Å²) in [5, 5.41) is 11.7. The Morgan fingerprint density at radius 1 is 1.32 bits per heavy atom. The van der Waals surface area contributed by atoms with E-state index in [-0.39, 0.29) is 5.91 Å². The van der Waals surface area contributed by atoms with E-state index >= 15 is 0 Å². The molecule has 2 aromatic heterocycles. The summed E-state index contributed by atoms with van der Waals surface area (Å²) in [6, 6.07) is 11.3. The highest BCUT2D eigenvalue weighted by Crippen LogP contribution is 2.23. The lowest BCUT2D eigenvalue weighted by molar-refractivity contribution is 0.0784. The predicted octanol–water partition coefficient (Wildman–Crippen LogP) is 3.69. The molecule has 0 aliphatic heterocycles. The minimum Gasteiger partial charge on any atom is -0.337 e. The van der Waals surface area contributed by atoms with Crippen molar-refractivity contribution in [2.45, 2.75) is 20.4 Å². The van der Waals surface area contributed by atoms with Crippen molar-refractivity contribution < 1.29 is 4.79 Å². The minimum atomic E-state index is -0.0275. The minimum absolute atomic E-state index is 0.0275. The van der Waals surface area contributed by atoms with E-state index < -0.39 is 0 Å². The van der Waals surface area contributed by atoms with Crippen molar-refractivity contribution in [3.8, 4) is 11.2 Å². The lowest BCUT2D eigenvalue weighted by Gasteiger charge is -2.17. The average molecular weight is 350 g/mol. The van der Waals surface area contributed by atoms with Crippen molar-refractivity contribution in [3.63, 3.8) is 0 Å². The van der Waals surface area contributed by atoms with Crippen LogP contribution < -0.4 is 0 Å². The SMILES string of the molecule is Cc1cc(C(=O)N(C)Cc2ccc(C#N)cc2)c(C)n1-c1nccs1. The van der Waals surface area contributed by atoms with Gasteiger partial charge in [-0.15, -0.1) is 11.3 Å². The van der Waals surface area contributed by atoms with Crippen LogP contribution in [0.4, 0.5) is 0 Å². The molecule has 25 heavy (non-hydrogen) atoms. The first-order valence-corrected chi connectivity index (χ1v) is 8.72. The zero-order chi connectivity index (χ0) is 18.0. The number of nitrogens with zero attached hydrogens (tertiary/aromatic N) is 4. The number of thiazole rings is 1. The third kappa shape index (κ3) is 3.32. The van der Waals surface area contributed by atoms with E-state index in [2.05, 4.69) is 11.1 Å². The van der Waals surface area contributed by atoms with E-state index in [0.29, 0.717) is 17.7 Å². The van der Waals surface area contributed by atoms with E-state index in [4.69, 9.17) is 5.26 Å². The first-order valence-electron chi connectivity index (χ1n) is 7.84. The maximum Gasteiger partial charge on any atom is 0.255 e. The van der Waals surface area contributed by atoms with E-state index in [0.717, 1.165) is 22.1 Å². The molecule has 0 saturated heterocycles. The number of carbonyl (C=O) groups is 1. The zero-order valence-corrected chi connectivity index (χ0v) is 15.2. The maximum atomic E-state index is 12.9. The molecule has 0 aliphatic carbocycles. The fraction of sp³-hybridized carbons (Fsp3) is 0.211. The monoisotopic (exact) mass is 350 g/mol. The molecule has 2 heterocycles. The van der Waals surface area contributed by atoms with Crippen molar-refractivity contribution in [3.05, 3.63) is 70.0 Å². The Bertz CT molecular complexity index is 933. The van der Waals surface area contributed by atoms with Gasteiger partial charge in [0.15, 0.2) is 5.13 Å². The summed E-state index contributed by atoms with van der Waals surface area (Å²) in [7, 11) is 1.79. The molecule has 126 valence electrons. The van der Waals surface area contributed by atoms with Crippen LogP contribution in [0, 0.1) is 25.2 Å². The Morgan fingerprint density at radius 3 is 2.64 bits per heavy atom. The second-order valence-electron chi connectivity index (χ2n) is 5.90. The van der Waals surface area contributed by atoms with Crippen molar-refractivity contribution in [1.29, 1.82) is 5.26 Å². The fourth-order valence-corrected chi connectivity index (χ4v) is 3.59. The Balaban J connectivity index is 1.83. The number of aryl methyl sites for hydroxylation is 1. The molecule has 0 aliphatic rings. The number of aromatic nitrogens is 2. The van der Waals surface area contributed by atoms with E-state index in [1.807, 2.05) is 42.0 Å². The van der Waals surface area contributed by atoms with Crippen molar-refractivity contribution >= 4 is 17.2 Å². The first-order chi connectivity index (χ1) is 12.0. The number of benzene rings is 1. The molecule has 0 N–H and O–H groups in total. The molecule has 0 atom stereocenters. The molecule has 1 aromatic carbocycles. The van der Waals surface area contributed by atoms with Crippen LogP contribution in [0.5, 0.6) is 0 Å². The van der Waals surface area contributed by atoms with Gasteiger partial charge >= 0.3 is 0 Å². The maximum absolute atomic E-state index is 12.9. The summed E-state index contributed by atoms with van der Waals surface area (Å²) in [5.41, 5.74) is 4.17. The molecule has 3 aromatic rings. The Morgan fingerprint density at radius 2 is 2.04 bits per heavy atom. The lowest BCUT2D eigenvalue weighted by Crippen LogP contribution is -2.26. The van der Waals surface area contributed by atoms with Gasteiger partial charge in [-0.2, -0.15) is 5.26 Å². The third-order valence-electron chi connectivity index (χ3n) is 4.12. The molecular weight excluding hydrogens is 332 g/mol. The standard InChI is InChI=1S/C19H18N4OS/c1-13-10-17(14(2)23(13)19-21-8-9-25-19)18(24)22(3)12-16-6-4-15(11-20)5-7-16/h4-10H,12H2,1-3H3. The van der Waals surface area contributed by atoms with Gasteiger partial charge in [0.2, 0.25) is 0 Å². The van der Waals surface area contributed by atoms with Gasteiger partial charge in [0.1, 0.15) is 0 Å². The number of hydrogen-bond donors (Lipinski definition) is 0. The van der Waals surface area contributed by atoms with Gasteiger partial charge in [-0.05, 0) is 37.6 Å². The molecule has 0 saturated carbocycles. The molecule has 0 spiro atoms. The Labute approximate surface area is 150 Å². The molecular formula is C19H18N4OS. The van der Waals surface area contributed by atoms with Crippen molar-refractivity contribution in [1.82, 2.24) is 14.5 Å². The fourth-order valence-electron chi connectivity index (χ4n) is 2.84. The molecule has 6 heteroatoms. The summed E-state index contributed by atoms with van der Waals surface area (Å²) in [6.45, 7) is 4.41. The van der Waals surface area contributed by atoms with Crippen LogP contribution in [-0.4, -0.2) is 27.4 Å². The molecule has 0 fully saturated rings. The van der Waals surface area contributed by atoms with Gasteiger partial charge in [0, 0.05) is 36.6 Å². The van der Waals surface area contributed by atoms with Crippen LogP contribution in [0.2, 0.25) is 0 Å². The largest absolute Gasteiger partial charge is 0.337 e. The van der Waals surface area contributed by atoms with Gasteiger partial charge in [0.25, 0.3) is 5.91 Å². The average Bonchev–Trinajstić information content (AvgIpc) is 3.22. The lowest BCUT2D eigenvalue weighted by atomic mass is 10.1. The van der Waals surface area contributed by atoms with Gasteiger partial charge in [-0.3, -0.25) is 9.36 Å². The van der Waals surface area contributed by atoms with E-state index in [1.165, 1.54) is 0 Å². The molecule has 0 bridgehead atoms. The Hall–Kier alpha value is -2.91. The van der Waals surface area contributed by atoms with Crippen molar-refractivity contribution in [2.24, 2.45) is 0 Å². The number of rotatable bonds is 4. The first kappa shape index (κ1) is 16.9. The topological polar surface area (TPSA) is 61.9 Å². The molecule has 5 nitrogen and oxygen atoms in total. The predicted molar refractivity (Wildman–Crippen MR) is 97.9 cm³/mol. The second-order valence-corrected chi connectivity index (χ2v) is 6.78.